The van der Waals surface area contributed by atoms with Crippen LogP contribution in [0.1, 0.15) is 34.5 Å². The first kappa shape index (κ1) is 14.1. The highest BCUT2D eigenvalue weighted by molar-refractivity contribution is 5.95. The molecule has 2 aromatic carbocycles. The Morgan fingerprint density at radius 2 is 1.80 bits per heavy atom. The lowest BCUT2D eigenvalue weighted by Crippen LogP contribution is -2.29. The molecule has 2 aromatic rings. The maximum atomic E-state index is 12.5. The topological polar surface area (TPSA) is 46.3 Å². The van der Waals surface area contributed by atoms with Gasteiger partial charge in [-0.15, -0.1) is 0 Å². The van der Waals surface area contributed by atoms with Gasteiger partial charge in [0.25, 0.3) is 5.91 Å². The smallest absolute Gasteiger partial charge is 0.254 e. The molecule has 0 radical (unpaired) electrons. The molecule has 0 aliphatic heterocycles. The Kier molecular flexibility index (Phi) is 4.08. The zero-order valence-electron chi connectivity index (χ0n) is 12.1. The average Bonchev–Trinajstić information content (AvgIpc) is 2.48. The van der Waals surface area contributed by atoms with Gasteiger partial charge in [0.1, 0.15) is 0 Å². The maximum absolute atomic E-state index is 12.5. The average molecular weight is 268 g/mol. The lowest BCUT2D eigenvalue weighted by atomic mass is 10.0. The Morgan fingerprint density at radius 3 is 2.40 bits per heavy atom. The van der Waals surface area contributed by atoms with Gasteiger partial charge in [-0.05, 0) is 43.2 Å². The molecule has 0 saturated heterocycles. The summed E-state index contributed by atoms with van der Waals surface area (Å²) in [6.45, 7) is 3.93. The van der Waals surface area contributed by atoms with E-state index < -0.39 is 0 Å². The summed E-state index contributed by atoms with van der Waals surface area (Å²) >= 11 is 0. The van der Waals surface area contributed by atoms with Gasteiger partial charge in [0.15, 0.2) is 0 Å². The number of nitrogen functional groups attached to an aromatic ring is 1. The Labute approximate surface area is 120 Å². The Balaban J connectivity index is 2.22. The fourth-order valence-corrected chi connectivity index (χ4v) is 2.14. The molecule has 104 valence electrons. The van der Waals surface area contributed by atoms with Crippen LogP contribution in [0.4, 0.5) is 5.69 Å². The van der Waals surface area contributed by atoms with Crippen molar-refractivity contribution in [1.82, 2.24) is 4.90 Å². The molecule has 2 N–H and O–H groups in total. The Bertz CT molecular complexity index is 608. The third-order valence-electron chi connectivity index (χ3n) is 3.70. The second-order valence-electron chi connectivity index (χ2n) is 5.07. The molecule has 0 bridgehead atoms. The first-order chi connectivity index (χ1) is 9.50. The van der Waals surface area contributed by atoms with Gasteiger partial charge in [0.2, 0.25) is 0 Å². The molecule has 3 heteroatoms. The highest BCUT2D eigenvalue weighted by Crippen LogP contribution is 2.21. The van der Waals surface area contributed by atoms with Gasteiger partial charge in [-0.3, -0.25) is 4.79 Å². The van der Waals surface area contributed by atoms with Gasteiger partial charge in [-0.1, -0.05) is 30.3 Å². The molecule has 0 aromatic heterocycles. The quantitative estimate of drug-likeness (QED) is 0.867. The second-order valence-corrected chi connectivity index (χ2v) is 5.07. The molecule has 0 aliphatic rings. The second kappa shape index (κ2) is 5.78. The summed E-state index contributed by atoms with van der Waals surface area (Å²) in [6.07, 6.45) is 0. The van der Waals surface area contributed by atoms with Crippen LogP contribution in [0.25, 0.3) is 0 Å². The summed E-state index contributed by atoms with van der Waals surface area (Å²) in [5.74, 6) is 0.00412. The van der Waals surface area contributed by atoms with Gasteiger partial charge in [0.05, 0.1) is 6.04 Å². The third-order valence-corrected chi connectivity index (χ3v) is 3.70. The summed E-state index contributed by atoms with van der Waals surface area (Å²) in [7, 11) is 1.83. The van der Waals surface area contributed by atoms with Gasteiger partial charge in [0, 0.05) is 18.3 Å². The summed E-state index contributed by atoms with van der Waals surface area (Å²) in [5.41, 5.74) is 9.22. The zero-order valence-corrected chi connectivity index (χ0v) is 12.1. The van der Waals surface area contributed by atoms with Crippen molar-refractivity contribution in [2.45, 2.75) is 19.9 Å². The third kappa shape index (κ3) is 2.82. The van der Waals surface area contributed by atoms with Crippen molar-refractivity contribution in [2.75, 3.05) is 12.8 Å². The van der Waals surface area contributed by atoms with E-state index in [1.807, 2.05) is 57.3 Å². The Morgan fingerprint density at radius 1 is 1.15 bits per heavy atom. The molecule has 2 rings (SSSR count). The van der Waals surface area contributed by atoms with Gasteiger partial charge in [-0.25, -0.2) is 0 Å². The zero-order chi connectivity index (χ0) is 14.7. The summed E-state index contributed by atoms with van der Waals surface area (Å²) < 4.78 is 0. The number of hydrogen-bond acceptors (Lipinski definition) is 2. The van der Waals surface area contributed by atoms with Crippen LogP contribution < -0.4 is 5.73 Å². The van der Waals surface area contributed by atoms with Gasteiger partial charge >= 0.3 is 0 Å². The van der Waals surface area contributed by atoms with Crippen LogP contribution in [-0.2, 0) is 0 Å². The van der Waals surface area contributed by atoms with Crippen molar-refractivity contribution in [3.63, 3.8) is 0 Å². The minimum atomic E-state index is 0.00412. The van der Waals surface area contributed by atoms with Crippen molar-refractivity contribution < 1.29 is 4.79 Å². The minimum absolute atomic E-state index is 0.00412. The van der Waals surface area contributed by atoms with Crippen LogP contribution in [0.5, 0.6) is 0 Å². The van der Waals surface area contributed by atoms with Crippen LogP contribution in [0, 0.1) is 6.92 Å². The van der Waals surface area contributed by atoms with E-state index in [0.29, 0.717) is 11.3 Å². The first-order valence-corrected chi connectivity index (χ1v) is 6.69. The van der Waals surface area contributed by atoms with Crippen LogP contribution in [0.15, 0.2) is 48.5 Å². The number of hydrogen-bond donors (Lipinski definition) is 1. The molecular weight excluding hydrogens is 248 g/mol. The number of rotatable bonds is 3. The largest absolute Gasteiger partial charge is 0.399 e. The monoisotopic (exact) mass is 268 g/mol. The molecule has 0 aliphatic carbocycles. The van der Waals surface area contributed by atoms with E-state index >= 15 is 0 Å². The lowest BCUT2D eigenvalue weighted by Gasteiger charge is -2.25. The molecule has 0 saturated carbocycles. The number of nitrogens with zero attached hydrogens (tertiary/aromatic N) is 1. The van der Waals surface area contributed by atoms with E-state index in [0.717, 1.165) is 11.1 Å². The van der Waals surface area contributed by atoms with Crippen LogP contribution in [-0.4, -0.2) is 17.9 Å². The van der Waals surface area contributed by atoms with Crippen molar-refractivity contribution in [3.8, 4) is 0 Å². The fourth-order valence-electron chi connectivity index (χ4n) is 2.14. The number of benzene rings is 2. The lowest BCUT2D eigenvalue weighted by molar-refractivity contribution is 0.0742. The number of nitrogens with two attached hydrogens (primary N) is 1. The van der Waals surface area contributed by atoms with E-state index in [1.165, 1.54) is 0 Å². The van der Waals surface area contributed by atoms with Crippen LogP contribution in [0.2, 0.25) is 0 Å². The Hall–Kier alpha value is -2.29. The first-order valence-electron chi connectivity index (χ1n) is 6.69. The summed E-state index contributed by atoms with van der Waals surface area (Å²) in [6, 6.07) is 15.4. The molecule has 1 atom stereocenters. The highest BCUT2D eigenvalue weighted by Gasteiger charge is 2.18. The SMILES string of the molecule is Cc1cc(C(=O)N(C)C(C)c2ccccc2)ccc1N. The van der Waals surface area contributed by atoms with Crippen molar-refractivity contribution >= 4 is 11.6 Å². The number of anilines is 1. The molecule has 20 heavy (non-hydrogen) atoms. The molecular formula is C17H20N2O. The fraction of sp³-hybridized carbons (Fsp3) is 0.235. The predicted molar refractivity (Wildman–Crippen MR) is 82.5 cm³/mol. The highest BCUT2D eigenvalue weighted by atomic mass is 16.2. The van der Waals surface area contributed by atoms with E-state index in [1.54, 1.807) is 17.0 Å². The van der Waals surface area contributed by atoms with E-state index in [-0.39, 0.29) is 11.9 Å². The van der Waals surface area contributed by atoms with Gasteiger partial charge in [-0.2, -0.15) is 0 Å². The van der Waals surface area contributed by atoms with Crippen molar-refractivity contribution in [1.29, 1.82) is 0 Å². The summed E-state index contributed by atoms with van der Waals surface area (Å²) in [5, 5.41) is 0. The molecule has 1 unspecified atom stereocenters. The normalized spacial score (nSPS) is 11.9. The van der Waals surface area contributed by atoms with Gasteiger partial charge < -0.3 is 10.6 Å². The number of carbonyl (C=O) groups is 1. The van der Waals surface area contributed by atoms with Crippen LogP contribution in [0.3, 0.4) is 0 Å². The summed E-state index contributed by atoms with van der Waals surface area (Å²) in [4.78, 5) is 14.3. The number of carbonyl (C=O) groups excluding carboxylic acids is 1. The number of amides is 1. The maximum Gasteiger partial charge on any atom is 0.254 e. The molecule has 0 fully saturated rings. The van der Waals surface area contributed by atoms with Crippen molar-refractivity contribution in [3.05, 3.63) is 65.2 Å². The molecule has 3 nitrogen and oxygen atoms in total. The number of aryl methyl sites for hydroxylation is 1. The van der Waals surface area contributed by atoms with Crippen LogP contribution >= 0.6 is 0 Å². The van der Waals surface area contributed by atoms with E-state index in [9.17, 15) is 4.79 Å². The molecule has 0 spiro atoms. The molecule has 0 heterocycles. The van der Waals surface area contributed by atoms with Crippen molar-refractivity contribution in [2.24, 2.45) is 0 Å². The van der Waals surface area contributed by atoms with E-state index in [2.05, 4.69) is 0 Å². The standard InChI is InChI=1S/C17H20N2O/c1-12-11-15(9-10-16(12)18)17(20)19(3)13(2)14-7-5-4-6-8-14/h4-11,13H,18H2,1-3H3. The minimum Gasteiger partial charge on any atom is -0.399 e. The molecule has 1 amide bonds. The van der Waals surface area contributed by atoms with E-state index in [4.69, 9.17) is 5.73 Å². The predicted octanol–water partition coefficient (Wildman–Crippen LogP) is 3.41.